The number of para-hydroxylation sites is 1. The highest BCUT2D eigenvalue weighted by Crippen LogP contribution is 2.32. The molecule has 4 heteroatoms. The zero-order chi connectivity index (χ0) is 18.6. The van der Waals surface area contributed by atoms with Crippen LogP contribution < -0.4 is 10.5 Å². The number of nitrogens with zero attached hydrogens (tertiary/aromatic N) is 1. The van der Waals surface area contributed by atoms with Crippen molar-refractivity contribution in [3.63, 3.8) is 0 Å². The SMILES string of the molecule is NC1CCN(CCC2CCc3cc(Oc4ccccc4)ccc3C2=O)CC1. The maximum atomic E-state index is 12.9. The van der Waals surface area contributed by atoms with Crippen LogP contribution in [0.1, 0.15) is 41.6 Å². The Bertz CT molecular complexity index is 782. The molecule has 1 aliphatic heterocycles. The van der Waals surface area contributed by atoms with Gasteiger partial charge in [0.05, 0.1) is 0 Å². The lowest BCUT2D eigenvalue weighted by Crippen LogP contribution is -2.40. The van der Waals surface area contributed by atoms with Crippen LogP contribution in [0.5, 0.6) is 11.5 Å². The van der Waals surface area contributed by atoms with Crippen molar-refractivity contribution >= 4 is 5.78 Å². The largest absolute Gasteiger partial charge is 0.457 e. The van der Waals surface area contributed by atoms with Crippen LogP contribution in [0.15, 0.2) is 48.5 Å². The van der Waals surface area contributed by atoms with Gasteiger partial charge in [0.1, 0.15) is 11.5 Å². The van der Waals surface area contributed by atoms with E-state index in [2.05, 4.69) is 4.90 Å². The van der Waals surface area contributed by atoms with E-state index < -0.39 is 0 Å². The van der Waals surface area contributed by atoms with Crippen molar-refractivity contribution in [3.8, 4) is 11.5 Å². The predicted molar refractivity (Wildman–Crippen MR) is 107 cm³/mol. The average molecular weight is 364 g/mol. The van der Waals surface area contributed by atoms with Gasteiger partial charge in [-0.25, -0.2) is 0 Å². The van der Waals surface area contributed by atoms with Gasteiger partial charge in [-0.3, -0.25) is 4.79 Å². The van der Waals surface area contributed by atoms with Gasteiger partial charge < -0.3 is 15.4 Å². The molecule has 1 saturated heterocycles. The number of rotatable bonds is 5. The summed E-state index contributed by atoms with van der Waals surface area (Å²) in [5.41, 5.74) is 7.98. The number of ketones is 1. The van der Waals surface area contributed by atoms with Crippen LogP contribution in [0.2, 0.25) is 0 Å². The number of hydrogen-bond acceptors (Lipinski definition) is 4. The monoisotopic (exact) mass is 364 g/mol. The Hall–Kier alpha value is -2.17. The van der Waals surface area contributed by atoms with E-state index in [0.29, 0.717) is 11.8 Å². The molecular formula is C23H28N2O2. The zero-order valence-corrected chi connectivity index (χ0v) is 15.8. The van der Waals surface area contributed by atoms with Gasteiger partial charge in [0, 0.05) is 17.5 Å². The fourth-order valence-electron chi connectivity index (χ4n) is 4.18. The van der Waals surface area contributed by atoms with E-state index in [4.69, 9.17) is 10.5 Å². The van der Waals surface area contributed by atoms with Crippen molar-refractivity contribution in [1.29, 1.82) is 0 Å². The third-order valence-electron chi connectivity index (χ3n) is 5.88. The summed E-state index contributed by atoms with van der Waals surface area (Å²) in [6.07, 6.45) is 4.99. The molecular weight excluding hydrogens is 336 g/mol. The first kappa shape index (κ1) is 18.2. The lowest BCUT2D eigenvalue weighted by atomic mass is 9.81. The smallest absolute Gasteiger partial charge is 0.166 e. The molecule has 2 aromatic rings. The predicted octanol–water partition coefficient (Wildman–Crippen LogP) is 4.04. The van der Waals surface area contributed by atoms with E-state index in [1.165, 1.54) is 0 Å². The molecule has 2 aliphatic rings. The van der Waals surface area contributed by atoms with Gasteiger partial charge in [0.2, 0.25) is 0 Å². The summed E-state index contributed by atoms with van der Waals surface area (Å²) in [5, 5.41) is 0. The van der Waals surface area contributed by atoms with Crippen molar-refractivity contribution in [3.05, 3.63) is 59.7 Å². The zero-order valence-electron chi connectivity index (χ0n) is 15.8. The molecule has 1 aliphatic carbocycles. The third-order valence-corrected chi connectivity index (χ3v) is 5.88. The first-order chi connectivity index (χ1) is 13.2. The Labute approximate surface area is 161 Å². The van der Waals surface area contributed by atoms with Crippen LogP contribution in [0.25, 0.3) is 0 Å². The highest BCUT2D eigenvalue weighted by Gasteiger charge is 2.28. The van der Waals surface area contributed by atoms with Crippen molar-refractivity contribution < 1.29 is 9.53 Å². The normalized spacial score (nSPS) is 21.1. The molecule has 0 aromatic heterocycles. The Kier molecular flexibility index (Phi) is 5.55. The van der Waals surface area contributed by atoms with Crippen molar-refractivity contribution in [1.82, 2.24) is 4.90 Å². The molecule has 1 unspecified atom stereocenters. The number of Topliss-reactive ketones (excluding diaryl/α,β-unsaturated/α-hetero) is 1. The van der Waals surface area contributed by atoms with E-state index in [0.717, 1.165) is 74.4 Å². The van der Waals surface area contributed by atoms with Gasteiger partial charge in [0.25, 0.3) is 0 Å². The Morgan fingerprint density at radius 1 is 1.00 bits per heavy atom. The summed E-state index contributed by atoms with van der Waals surface area (Å²) in [5.74, 6) is 2.07. The molecule has 0 bridgehead atoms. The first-order valence-electron chi connectivity index (χ1n) is 10.1. The van der Waals surface area contributed by atoms with Gasteiger partial charge in [-0.2, -0.15) is 0 Å². The number of fused-ring (bicyclic) bond motifs is 1. The van der Waals surface area contributed by atoms with Gasteiger partial charge in [-0.05, 0) is 87.6 Å². The van der Waals surface area contributed by atoms with Gasteiger partial charge in [0.15, 0.2) is 5.78 Å². The molecule has 1 fully saturated rings. The summed E-state index contributed by atoms with van der Waals surface area (Å²) in [6.45, 7) is 3.14. The molecule has 0 radical (unpaired) electrons. The maximum absolute atomic E-state index is 12.9. The standard InChI is InChI=1S/C23H28N2O2/c24-19-11-14-25(15-12-19)13-10-17-6-7-18-16-21(8-9-22(18)23(17)26)27-20-4-2-1-3-5-20/h1-5,8-9,16-17,19H,6-7,10-15,24H2. The Balaban J connectivity index is 1.37. The van der Waals surface area contributed by atoms with Crippen molar-refractivity contribution in [2.45, 2.75) is 38.1 Å². The van der Waals surface area contributed by atoms with Crippen LogP contribution in [-0.4, -0.2) is 36.4 Å². The quantitative estimate of drug-likeness (QED) is 0.870. The lowest BCUT2D eigenvalue weighted by molar-refractivity contribution is 0.0877. The minimum absolute atomic E-state index is 0.147. The fraction of sp³-hybridized carbons (Fsp3) is 0.435. The number of ether oxygens (including phenoxy) is 1. The number of carbonyl (C=O) groups is 1. The molecule has 2 aromatic carbocycles. The molecule has 1 atom stereocenters. The van der Waals surface area contributed by atoms with Gasteiger partial charge in [-0.1, -0.05) is 18.2 Å². The first-order valence-corrected chi connectivity index (χ1v) is 10.1. The van der Waals surface area contributed by atoms with E-state index in [-0.39, 0.29) is 5.92 Å². The molecule has 0 amide bonds. The summed E-state index contributed by atoms with van der Waals surface area (Å²) < 4.78 is 5.91. The van der Waals surface area contributed by atoms with E-state index >= 15 is 0 Å². The molecule has 0 spiro atoms. The number of hydrogen-bond donors (Lipinski definition) is 1. The molecule has 1 heterocycles. The maximum Gasteiger partial charge on any atom is 0.166 e. The highest BCUT2D eigenvalue weighted by atomic mass is 16.5. The van der Waals surface area contributed by atoms with Crippen LogP contribution in [-0.2, 0) is 6.42 Å². The molecule has 4 nitrogen and oxygen atoms in total. The number of likely N-dealkylation sites (tertiary alicyclic amines) is 1. The second-order valence-electron chi connectivity index (χ2n) is 7.80. The van der Waals surface area contributed by atoms with Crippen LogP contribution in [0.4, 0.5) is 0 Å². The number of benzene rings is 2. The lowest BCUT2D eigenvalue weighted by Gasteiger charge is -2.32. The minimum atomic E-state index is 0.147. The van der Waals surface area contributed by atoms with Crippen molar-refractivity contribution in [2.75, 3.05) is 19.6 Å². The van der Waals surface area contributed by atoms with Crippen LogP contribution in [0, 0.1) is 5.92 Å². The molecule has 0 saturated carbocycles. The highest BCUT2D eigenvalue weighted by molar-refractivity contribution is 6.00. The fourth-order valence-corrected chi connectivity index (χ4v) is 4.18. The second-order valence-corrected chi connectivity index (χ2v) is 7.80. The van der Waals surface area contributed by atoms with E-state index in [1.807, 2.05) is 48.5 Å². The minimum Gasteiger partial charge on any atom is -0.457 e. The third kappa shape index (κ3) is 4.40. The molecule has 27 heavy (non-hydrogen) atoms. The van der Waals surface area contributed by atoms with Crippen LogP contribution >= 0.6 is 0 Å². The van der Waals surface area contributed by atoms with Crippen molar-refractivity contribution in [2.24, 2.45) is 11.7 Å². The number of aryl methyl sites for hydroxylation is 1. The number of nitrogens with two attached hydrogens (primary N) is 1. The Morgan fingerprint density at radius 3 is 2.56 bits per heavy atom. The molecule has 4 rings (SSSR count). The summed E-state index contributed by atoms with van der Waals surface area (Å²) in [7, 11) is 0. The Morgan fingerprint density at radius 2 is 1.78 bits per heavy atom. The van der Waals surface area contributed by atoms with Crippen LogP contribution in [0.3, 0.4) is 0 Å². The van der Waals surface area contributed by atoms with Gasteiger partial charge >= 0.3 is 0 Å². The molecule has 2 N–H and O–H groups in total. The summed E-state index contributed by atoms with van der Waals surface area (Å²) in [6, 6.07) is 16.0. The van der Waals surface area contributed by atoms with E-state index in [9.17, 15) is 4.79 Å². The van der Waals surface area contributed by atoms with Gasteiger partial charge in [-0.15, -0.1) is 0 Å². The average Bonchev–Trinajstić information content (AvgIpc) is 2.69. The number of carbonyl (C=O) groups excluding carboxylic acids is 1. The topological polar surface area (TPSA) is 55.6 Å². The second kappa shape index (κ2) is 8.24. The molecule has 142 valence electrons. The summed E-state index contributed by atoms with van der Waals surface area (Å²) >= 11 is 0. The number of piperidine rings is 1. The summed E-state index contributed by atoms with van der Waals surface area (Å²) in [4.78, 5) is 15.4. The van der Waals surface area contributed by atoms with E-state index in [1.54, 1.807) is 0 Å².